The van der Waals surface area contributed by atoms with Crippen LogP contribution in [-0.2, 0) is 0 Å². The van der Waals surface area contributed by atoms with Crippen molar-refractivity contribution in [3.8, 4) is 0 Å². The molecule has 0 spiro atoms. The molecule has 2 aromatic heterocycles. The lowest BCUT2D eigenvalue weighted by molar-refractivity contribution is -0.384. The monoisotopic (exact) mass is 315 g/mol. The molecule has 120 valence electrons. The Hall–Kier alpha value is -2.77. The van der Waals surface area contributed by atoms with Crippen molar-refractivity contribution in [3.63, 3.8) is 0 Å². The van der Waals surface area contributed by atoms with E-state index in [0.29, 0.717) is 30.6 Å². The number of aryl methyl sites for hydroxylation is 2. The van der Waals surface area contributed by atoms with Crippen LogP contribution in [-0.4, -0.2) is 33.1 Å². The van der Waals surface area contributed by atoms with Crippen LogP contribution in [0.25, 0.3) is 6.08 Å². The maximum absolute atomic E-state index is 11.2. The third kappa shape index (κ3) is 3.36. The van der Waals surface area contributed by atoms with Gasteiger partial charge in [0.05, 0.1) is 4.92 Å². The van der Waals surface area contributed by atoms with Crippen molar-refractivity contribution in [1.82, 2.24) is 15.1 Å². The minimum Gasteiger partial charge on any atom is -0.350 e. The molecule has 1 aliphatic heterocycles. The lowest BCUT2D eigenvalue weighted by atomic mass is 10.0. The van der Waals surface area contributed by atoms with E-state index in [0.717, 1.165) is 18.5 Å². The fraction of sp³-hybridized carbons (Fsp3) is 0.400. The molecule has 3 heterocycles. The lowest BCUT2D eigenvalue weighted by Crippen LogP contribution is -2.32. The molecule has 1 aliphatic rings. The molecule has 0 aliphatic carbocycles. The molecule has 0 radical (unpaired) electrons. The van der Waals surface area contributed by atoms with Crippen LogP contribution in [0.5, 0.6) is 0 Å². The van der Waals surface area contributed by atoms with Crippen molar-refractivity contribution in [2.75, 3.05) is 18.0 Å². The summed E-state index contributed by atoms with van der Waals surface area (Å²) in [5, 5.41) is 14.9. The van der Waals surface area contributed by atoms with E-state index in [-0.39, 0.29) is 10.6 Å². The Morgan fingerprint density at radius 1 is 1.26 bits per heavy atom. The molecule has 0 amide bonds. The standard InChI is InChI=1S/C15H17N5O3/c1-10-3-4-13(20(21)22)15(16-10)19-7-5-12(6-8-19)9-14-17-11(2)18-23-14/h3-4,9H,5-8H2,1-2H3. The Bertz CT molecular complexity index is 758. The van der Waals surface area contributed by atoms with Crippen molar-refractivity contribution in [3.05, 3.63) is 45.2 Å². The fourth-order valence-electron chi connectivity index (χ4n) is 2.61. The van der Waals surface area contributed by atoms with Crippen LogP contribution in [0.2, 0.25) is 0 Å². The summed E-state index contributed by atoms with van der Waals surface area (Å²) in [7, 11) is 0. The summed E-state index contributed by atoms with van der Waals surface area (Å²) in [6.45, 7) is 4.96. The summed E-state index contributed by atoms with van der Waals surface area (Å²) in [5.41, 5.74) is 2.02. The maximum atomic E-state index is 11.2. The molecule has 2 aromatic rings. The molecular weight excluding hydrogens is 298 g/mol. The van der Waals surface area contributed by atoms with Crippen molar-refractivity contribution in [2.45, 2.75) is 26.7 Å². The van der Waals surface area contributed by atoms with Crippen LogP contribution in [0.4, 0.5) is 11.5 Å². The maximum Gasteiger partial charge on any atom is 0.311 e. The second kappa shape index (κ2) is 6.15. The van der Waals surface area contributed by atoms with E-state index in [1.165, 1.54) is 11.6 Å². The van der Waals surface area contributed by atoms with Crippen molar-refractivity contribution >= 4 is 17.6 Å². The smallest absolute Gasteiger partial charge is 0.311 e. The molecular formula is C15H17N5O3. The number of hydrogen-bond donors (Lipinski definition) is 0. The number of anilines is 1. The Labute approximate surface area is 133 Å². The molecule has 8 nitrogen and oxygen atoms in total. The average Bonchev–Trinajstić information content (AvgIpc) is 2.93. The van der Waals surface area contributed by atoms with Crippen molar-refractivity contribution < 1.29 is 9.45 Å². The Balaban J connectivity index is 1.75. The van der Waals surface area contributed by atoms with E-state index in [1.54, 1.807) is 13.0 Å². The molecule has 0 unspecified atom stereocenters. The molecule has 1 fully saturated rings. The van der Waals surface area contributed by atoms with Gasteiger partial charge in [-0.1, -0.05) is 10.7 Å². The van der Waals surface area contributed by atoms with Crippen molar-refractivity contribution in [2.24, 2.45) is 0 Å². The molecule has 0 atom stereocenters. The van der Waals surface area contributed by atoms with Gasteiger partial charge in [-0.25, -0.2) is 4.98 Å². The zero-order valence-electron chi connectivity index (χ0n) is 13.0. The van der Waals surface area contributed by atoms with Crippen LogP contribution in [0.15, 0.2) is 22.2 Å². The number of aromatic nitrogens is 3. The molecule has 8 heteroatoms. The fourth-order valence-corrected chi connectivity index (χ4v) is 2.61. The topological polar surface area (TPSA) is 98.2 Å². The van der Waals surface area contributed by atoms with Crippen LogP contribution in [0, 0.1) is 24.0 Å². The summed E-state index contributed by atoms with van der Waals surface area (Å²) < 4.78 is 5.09. The van der Waals surface area contributed by atoms with Gasteiger partial charge in [-0.15, -0.1) is 0 Å². The van der Waals surface area contributed by atoms with Gasteiger partial charge in [0.2, 0.25) is 5.82 Å². The second-order valence-electron chi connectivity index (χ2n) is 5.52. The lowest BCUT2D eigenvalue weighted by Gasteiger charge is -2.29. The molecule has 23 heavy (non-hydrogen) atoms. The van der Waals surface area contributed by atoms with Gasteiger partial charge in [0, 0.05) is 30.9 Å². The Morgan fingerprint density at radius 3 is 2.61 bits per heavy atom. The van der Waals surface area contributed by atoms with E-state index in [4.69, 9.17) is 4.52 Å². The molecule has 0 saturated carbocycles. The predicted octanol–water partition coefficient (Wildman–Crippen LogP) is 2.67. The molecule has 0 bridgehead atoms. The number of nitrogens with zero attached hydrogens (tertiary/aromatic N) is 5. The van der Waals surface area contributed by atoms with Gasteiger partial charge in [-0.05, 0) is 32.8 Å². The van der Waals surface area contributed by atoms with Crippen LogP contribution in [0.1, 0.15) is 30.3 Å². The van der Waals surface area contributed by atoms with Crippen LogP contribution < -0.4 is 4.90 Å². The van der Waals surface area contributed by atoms with Gasteiger partial charge in [0.25, 0.3) is 5.89 Å². The molecule has 1 saturated heterocycles. The molecule has 3 rings (SSSR count). The number of nitro groups is 1. The quantitative estimate of drug-likeness (QED) is 0.634. The number of pyridine rings is 1. The number of hydrogen-bond acceptors (Lipinski definition) is 7. The first-order chi connectivity index (χ1) is 11.0. The van der Waals surface area contributed by atoms with Gasteiger partial charge in [-0.2, -0.15) is 4.98 Å². The summed E-state index contributed by atoms with van der Waals surface area (Å²) in [5.74, 6) is 1.56. The van der Waals surface area contributed by atoms with Crippen LogP contribution in [0.3, 0.4) is 0 Å². The van der Waals surface area contributed by atoms with E-state index in [2.05, 4.69) is 15.1 Å². The first kappa shape index (κ1) is 15.1. The zero-order chi connectivity index (χ0) is 16.4. The van der Waals surface area contributed by atoms with E-state index >= 15 is 0 Å². The summed E-state index contributed by atoms with van der Waals surface area (Å²) in [4.78, 5) is 21.3. The highest BCUT2D eigenvalue weighted by Gasteiger charge is 2.24. The predicted molar refractivity (Wildman–Crippen MR) is 84.1 cm³/mol. The average molecular weight is 315 g/mol. The van der Waals surface area contributed by atoms with Gasteiger partial charge >= 0.3 is 5.69 Å². The minimum atomic E-state index is -0.381. The van der Waals surface area contributed by atoms with Gasteiger partial charge in [0.15, 0.2) is 5.82 Å². The number of rotatable bonds is 3. The first-order valence-electron chi connectivity index (χ1n) is 7.39. The van der Waals surface area contributed by atoms with E-state index in [9.17, 15) is 10.1 Å². The molecule has 0 N–H and O–H groups in total. The summed E-state index contributed by atoms with van der Waals surface area (Å²) in [6.07, 6.45) is 3.47. The third-order valence-electron chi connectivity index (χ3n) is 3.77. The number of piperidine rings is 1. The van der Waals surface area contributed by atoms with Crippen molar-refractivity contribution in [1.29, 1.82) is 0 Å². The van der Waals surface area contributed by atoms with Crippen LogP contribution >= 0.6 is 0 Å². The normalized spacial score (nSPS) is 14.9. The highest BCUT2D eigenvalue weighted by Crippen LogP contribution is 2.30. The van der Waals surface area contributed by atoms with E-state index < -0.39 is 0 Å². The first-order valence-corrected chi connectivity index (χ1v) is 7.39. The van der Waals surface area contributed by atoms with Gasteiger partial charge in [0.1, 0.15) is 0 Å². The highest BCUT2D eigenvalue weighted by molar-refractivity contribution is 5.59. The zero-order valence-corrected chi connectivity index (χ0v) is 13.0. The highest BCUT2D eigenvalue weighted by atomic mass is 16.6. The van der Waals surface area contributed by atoms with Gasteiger partial charge in [-0.3, -0.25) is 10.1 Å². The minimum absolute atomic E-state index is 0.0514. The van der Waals surface area contributed by atoms with Gasteiger partial charge < -0.3 is 9.42 Å². The second-order valence-corrected chi connectivity index (χ2v) is 5.52. The molecule has 0 aromatic carbocycles. The Morgan fingerprint density at radius 2 is 2.00 bits per heavy atom. The summed E-state index contributed by atoms with van der Waals surface area (Å²) >= 11 is 0. The SMILES string of the molecule is Cc1ccc([N+](=O)[O-])c(N2CCC(=Cc3nc(C)no3)CC2)n1. The van der Waals surface area contributed by atoms with E-state index in [1.807, 2.05) is 17.9 Å². The largest absolute Gasteiger partial charge is 0.350 e. The summed E-state index contributed by atoms with van der Waals surface area (Å²) in [6, 6.07) is 3.18. The Kier molecular flexibility index (Phi) is 4.05. The third-order valence-corrected chi connectivity index (χ3v) is 3.77.